The Labute approximate surface area is 106 Å². The highest BCUT2D eigenvalue weighted by atomic mass is 16.4. The van der Waals surface area contributed by atoms with Crippen molar-refractivity contribution in [3.63, 3.8) is 0 Å². The molecule has 2 unspecified atom stereocenters. The molecule has 0 aromatic heterocycles. The standard InChI is InChI=1S/C11H19N3O4/c1-3-12-11(18)13-8(15)6-14-5-4-7(2)9(14)10(16)17/h7,9H,3-6H2,1-2H3,(H,16,17)(H2,12,13,15,18). The second-order valence-electron chi connectivity index (χ2n) is 4.43. The molecular formula is C11H19N3O4. The maximum Gasteiger partial charge on any atom is 0.321 e. The highest BCUT2D eigenvalue weighted by Gasteiger charge is 2.37. The lowest BCUT2D eigenvalue weighted by molar-refractivity contribution is -0.143. The summed E-state index contributed by atoms with van der Waals surface area (Å²) in [6.45, 7) is 4.50. The van der Waals surface area contributed by atoms with Crippen molar-refractivity contribution in [3.8, 4) is 0 Å². The van der Waals surface area contributed by atoms with Crippen LogP contribution in [0.2, 0.25) is 0 Å². The molecular weight excluding hydrogens is 238 g/mol. The molecule has 0 radical (unpaired) electrons. The van der Waals surface area contributed by atoms with Crippen LogP contribution in [0.3, 0.4) is 0 Å². The van der Waals surface area contributed by atoms with E-state index in [1.807, 2.05) is 6.92 Å². The molecule has 0 aromatic carbocycles. The third kappa shape index (κ3) is 3.69. The maximum absolute atomic E-state index is 11.6. The number of carbonyl (C=O) groups is 3. The number of carboxylic acids is 1. The number of aliphatic carboxylic acids is 1. The summed E-state index contributed by atoms with van der Waals surface area (Å²) in [6, 6.07) is -1.20. The van der Waals surface area contributed by atoms with Crippen LogP contribution in [0.4, 0.5) is 4.79 Å². The van der Waals surface area contributed by atoms with E-state index < -0.39 is 23.9 Å². The summed E-state index contributed by atoms with van der Waals surface area (Å²) < 4.78 is 0. The van der Waals surface area contributed by atoms with Crippen molar-refractivity contribution in [2.24, 2.45) is 5.92 Å². The van der Waals surface area contributed by atoms with E-state index in [1.165, 1.54) is 0 Å². The number of imide groups is 1. The van der Waals surface area contributed by atoms with Crippen molar-refractivity contribution in [1.82, 2.24) is 15.5 Å². The molecule has 0 spiro atoms. The van der Waals surface area contributed by atoms with Gasteiger partial charge in [-0.1, -0.05) is 6.92 Å². The van der Waals surface area contributed by atoms with Gasteiger partial charge in [0, 0.05) is 6.54 Å². The van der Waals surface area contributed by atoms with Crippen molar-refractivity contribution < 1.29 is 19.5 Å². The molecule has 7 nitrogen and oxygen atoms in total. The molecule has 1 fully saturated rings. The lowest BCUT2D eigenvalue weighted by Gasteiger charge is -2.22. The minimum absolute atomic E-state index is 0.0137. The minimum atomic E-state index is -0.925. The third-order valence-corrected chi connectivity index (χ3v) is 2.99. The molecule has 1 aliphatic heterocycles. The summed E-state index contributed by atoms with van der Waals surface area (Å²) in [4.78, 5) is 35.3. The van der Waals surface area contributed by atoms with Gasteiger partial charge in [0.15, 0.2) is 0 Å². The fraction of sp³-hybridized carbons (Fsp3) is 0.727. The zero-order chi connectivity index (χ0) is 13.7. The largest absolute Gasteiger partial charge is 0.480 e. The van der Waals surface area contributed by atoms with Crippen molar-refractivity contribution in [2.75, 3.05) is 19.6 Å². The zero-order valence-corrected chi connectivity index (χ0v) is 10.6. The highest BCUT2D eigenvalue weighted by Crippen LogP contribution is 2.23. The van der Waals surface area contributed by atoms with Crippen molar-refractivity contribution >= 4 is 17.9 Å². The van der Waals surface area contributed by atoms with Gasteiger partial charge >= 0.3 is 12.0 Å². The molecule has 0 aromatic rings. The lowest BCUT2D eigenvalue weighted by Crippen LogP contribution is -2.47. The van der Waals surface area contributed by atoms with Gasteiger partial charge in [-0.3, -0.25) is 19.8 Å². The SMILES string of the molecule is CCNC(=O)NC(=O)CN1CCC(C)C1C(=O)O. The lowest BCUT2D eigenvalue weighted by atomic mass is 10.0. The maximum atomic E-state index is 11.6. The molecule has 1 aliphatic rings. The average Bonchev–Trinajstić information content (AvgIpc) is 2.59. The van der Waals surface area contributed by atoms with Crippen LogP contribution in [0.25, 0.3) is 0 Å². The molecule has 3 N–H and O–H groups in total. The van der Waals surface area contributed by atoms with Gasteiger partial charge < -0.3 is 10.4 Å². The third-order valence-electron chi connectivity index (χ3n) is 2.99. The van der Waals surface area contributed by atoms with Crippen LogP contribution < -0.4 is 10.6 Å². The Morgan fingerprint density at radius 3 is 2.61 bits per heavy atom. The second kappa shape index (κ2) is 6.34. The molecule has 0 bridgehead atoms. The van der Waals surface area contributed by atoms with Gasteiger partial charge in [0.25, 0.3) is 0 Å². The van der Waals surface area contributed by atoms with Crippen LogP contribution in [0, 0.1) is 5.92 Å². The number of hydrogen-bond donors (Lipinski definition) is 3. The summed E-state index contributed by atoms with van der Waals surface area (Å²) in [6.07, 6.45) is 0.741. The number of rotatable bonds is 4. The molecule has 1 rings (SSSR count). The Balaban J connectivity index is 2.49. The predicted octanol–water partition coefficient (Wildman–Crippen LogP) is -0.373. The first-order valence-electron chi connectivity index (χ1n) is 6.00. The summed E-state index contributed by atoms with van der Waals surface area (Å²) in [7, 11) is 0. The predicted molar refractivity (Wildman–Crippen MR) is 64.0 cm³/mol. The number of carboxylic acid groups (broad SMARTS) is 1. The topological polar surface area (TPSA) is 98.7 Å². The Morgan fingerprint density at radius 2 is 2.06 bits per heavy atom. The number of carbonyl (C=O) groups excluding carboxylic acids is 2. The number of nitrogens with one attached hydrogen (secondary N) is 2. The van der Waals surface area contributed by atoms with E-state index in [2.05, 4.69) is 10.6 Å². The van der Waals surface area contributed by atoms with Gasteiger partial charge in [-0.15, -0.1) is 0 Å². The molecule has 3 amide bonds. The quantitative estimate of drug-likeness (QED) is 0.638. The Bertz CT molecular complexity index is 345. The first kappa shape index (κ1) is 14.4. The van der Waals surface area contributed by atoms with Gasteiger partial charge in [-0.2, -0.15) is 0 Å². The van der Waals surface area contributed by atoms with Crippen molar-refractivity contribution in [1.29, 1.82) is 0 Å². The number of hydrogen-bond acceptors (Lipinski definition) is 4. The fourth-order valence-electron chi connectivity index (χ4n) is 2.16. The average molecular weight is 257 g/mol. The molecule has 1 saturated heterocycles. The molecule has 2 atom stereocenters. The second-order valence-corrected chi connectivity index (χ2v) is 4.43. The van der Waals surface area contributed by atoms with Crippen molar-refractivity contribution in [2.45, 2.75) is 26.3 Å². The number of likely N-dealkylation sites (tertiary alicyclic amines) is 1. The monoisotopic (exact) mass is 257 g/mol. The molecule has 102 valence electrons. The van der Waals surface area contributed by atoms with Crippen LogP contribution >= 0.6 is 0 Å². The van der Waals surface area contributed by atoms with Gasteiger partial charge in [0.2, 0.25) is 5.91 Å². The van der Waals surface area contributed by atoms with E-state index >= 15 is 0 Å². The van der Waals surface area contributed by atoms with Crippen molar-refractivity contribution in [3.05, 3.63) is 0 Å². The molecule has 18 heavy (non-hydrogen) atoms. The summed E-state index contributed by atoms with van der Waals surface area (Å²) in [5.41, 5.74) is 0. The Hall–Kier alpha value is -1.63. The van der Waals surface area contributed by atoms with E-state index in [0.717, 1.165) is 6.42 Å². The fourth-order valence-corrected chi connectivity index (χ4v) is 2.16. The van der Waals surface area contributed by atoms with E-state index in [-0.39, 0.29) is 12.5 Å². The van der Waals surface area contributed by atoms with Crippen LogP contribution in [0.15, 0.2) is 0 Å². The van der Waals surface area contributed by atoms with Gasteiger partial charge in [0.05, 0.1) is 6.54 Å². The van der Waals surface area contributed by atoms with Crippen LogP contribution in [0.1, 0.15) is 20.3 Å². The summed E-state index contributed by atoms with van der Waals surface area (Å²) >= 11 is 0. The minimum Gasteiger partial charge on any atom is -0.480 e. The molecule has 0 aliphatic carbocycles. The first-order chi connectivity index (χ1) is 8.45. The zero-order valence-electron chi connectivity index (χ0n) is 10.6. The van der Waals surface area contributed by atoms with Crippen LogP contribution in [-0.2, 0) is 9.59 Å². The molecule has 0 saturated carbocycles. The van der Waals surface area contributed by atoms with E-state index in [4.69, 9.17) is 5.11 Å². The van der Waals surface area contributed by atoms with E-state index in [1.54, 1.807) is 11.8 Å². The first-order valence-corrected chi connectivity index (χ1v) is 6.00. The van der Waals surface area contributed by atoms with Crippen LogP contribution in [-0.4, -0.2) is 53.6 Å². The molecule has 1 heterocycles. The van der Waals surface area contributed by atoms with Gasteiger partial charge in [-0.25, -0.2) is 4.79 Å². The number of amides is 3. The summed E-state index contributed by atoms with van der Waals surface area (Å²) in [5, 5.41) is 13.7. The Morgan fingerprint density at radius 1 is 1.39 bits per heavy atom. The number of urea groups is 1. The highest BCUT2D eigenvalue weighted by molar-refractivity contribution is 5.95. The smallest absolute Gasteiger partial charge is 0.321 e. The van der Waals surface area contributed by atoms with E-state index in [9.17, 15) is 14.4 Å². The Kier molecular flexibility index (Phi) is 5.08. The molecule has 7 heteroatoms. The van der Waals surface area contributed by atoms with Crippen LogP contribution in [0.5, 0.6) is 0 Å². The van der Waals surface area contributed by atoms with E-state index in [0.29, 0.717) is 13.1 Å². The normalized spacial score (nSPS) is 23.7. The van der Waals surface area contributed by atoms with Gasteiger partial charge in [0.1, 0.15) is 6.04 Å². The van der Waals surface area contributed by atoms with Gasteiger partial charge in [-0.05, 0) is 25.8 Å². The number of nitrogens with zero attached hydrogens (tertiary/aromatic N) is 1. The summed E-state index contributed by atoms with van der Waals surface area (Å²) in [5.74, 6) is -1.40.